The number of pyridine rings is 1. The Morgan fingerprint density at radius 1 is 1.35 bits per heavy atom. The lowest BCUT2D eigenvalue weighted by atomic mass is 9.97. The molecule has 1 aliphatic heterocycles. The van der Waals surface area contributed by atoms with E-state index >= 15 is 0 Å². The summed E-state index contributed by atoms with van der Waals surface area (Å²) in [6, 6.07) is 8.16. The number of carbonyl (C=O) groups is 1. The minimum Gasteiger partial charge on any atom is -0.478 e. The molecule has 0 aromatic carbocycles. The molecule has 2 aromatic rings. The van der Waals surface area contributed by atoms with Gasteiger partial charge in [0, 0.05) is 23.7 Å². The van der Waals surface area contributed by atoms with Crippen molar-refractivity contribution in [3.05, 3.63) is 52.0 Å². The predicted molar refractivity (Wildman–Crippen MR) is 91.9 cm³/mol. The highest BCUT2D eigenvalue weighted by Crippen LogP contribution is 2.24. The van der Waals surface area contributed by atoms with Crippen LogP contribution in [0.1, 0.15) is 46.6 Å². The van der Waals surface area contributed by atoms with Gasteiger partial charge in [0.05, 0.1) is 11.3 Å². The average Bonchev–Trinajstić information content (AvgIpc) is 3.08. The van der Waals surface area contributed by atoms with Crippen molar-refractivity contribution in [1.29, 1.82) is 0 Å². The average molecular weight is 330 g/mol. The number of aromatic carboxylic acids is 1. The largest absolute Gasteiger partial charge is 0.478 e. The molecule has 3 heterocycles. The molecule has 0 aliphatic carbocycles. The van der Waals surface area contributed by atoms with Gasteiger partial charge in [-0.05, 0) is 55.8 Å². The molecule has 0 spiro atoms. The summed E-state index contributed by atoms with van der Waals surface area (Å²) in [5.41, 5.74) is 1.01. The summed E-state index contributed by atoms with van der Waals surface area (Å²) in [6.45, 7) is 1.67. The van der Waals surface area contributed by atoms with Crippen molar-refractivity contribution in [2.45, 2.75) is 44.7 Å². The highest BCUT2D eigenvalue weighted by atomic mass is 32.1. The van der Waals surface area contributed by atoms with E-state index in [-0.39, 0.29) is 0 Å². The number of thiophene rings is 1. The van der Waals surface area contributed by atoms with Crippen LogP contribution >= 0.6 is 11.3 Å². The lowest BCUT2D eigenvalue weighted by Gasteiger charge is -2.35. The topological polar surface area (TPSA) is 53.4 Å². The van der Waals surface area contributed by atoms with E-state index in [2.05, 4.69) is 27.4 Å². The van der Waals surface area contributed by atoms with Crippen LogP contribution < -0.4 is 0 Å². The maximum absolute atomic E-state index is 11.4. The number of likely N-dealkylation sites (tertiary alicyclic amines) is 1. The van der Waals surface area contributed by atoms with Crippen LogP contribution in [-0.2, 0) is 13.0 Å². The Morgan fingerprint density at radius 2 is 2.26 bits per heavy atom. The monoisotopic (exact) mass is 330 g/mol. The third kappa shape index (κ3) is 4.18. The second-order valence-corrected chi connectivity index (χ2v) is 7.07. The fourth-order valence-corrected chi connectivity index (χ4v) is 4.03. The van der Waals surface area contributed by atoms with Gasteiger partial charge in [-0.25, -0.2) is 4.79 Å². The third-order valence-electron chi connectivity index (χ3n) is 4.53. The van der Waals surface area contributed by atoms with Crippen molar-refractivity contribution in [3.63, 3.8) is 0 Å². The van der Waals surface area contributed by atoms with Crippen molar-refractivity contribution in [2.75, 3.05) is 6.54 Å². The Morgan fingerprint density at radius 3 is 3.04 bits per heavy atom. The highest BCUT2D eigenvalue weighted by molar-refractivity contribution is 7.09. The summed E-state index contributed by atoms with van der Waals surface area (Å²) >= 11 is 1.81. The van der Waals surface area contributed by atoms with Gasteiger partial charge in [-0.1, -0.05) is 12.5 Å². The summed E-state index contributed by atoms with van der Waals surface area (Å²) in [6.07, 6.45) is 7.57. The quantitative estimate of drug-likeness (QED) is 0.874. The van der Waals surface area contributed by atoms with Gasteiger partial charge < -0.3 is 5.11 Å². The molecule has 1 saturated heterocycles. The van der Waals surface area contributed by atoms with Crippen molar-refractivity contribution < 1.29 is 9.90 Å². The highest BCUT2D eigenvalue weighted by Gasteiger charge is 2.24. The van der Waals surface area contributed by atoms with E-state index in [0.29, 0.717) is 23.8 Å². The van der Waals surface area contributed by atoms with Crippen LogP contribution in [0.15, 0.2) is 35.8 Å². The van der Waals surface area contributed by atoms with Crippen LogP contribution in [0.5, 0.6) is 0 Å². The number of carboxylic acids is 1. The van der Waals surface area contributed by atoms with E-state index in [1.54, 1.807) is 18.3 Å². The number of hydrogen-bond acceptors (Lipinski definition) is 4. The molecule has 23 heavy (non-hydrogen) atoms. The zero-order valence-electron chi connectivity index (χ0n) is 13.1. The first-order valence-electron chi connectivity index (χ1n) is 8.17. The molecule has 1 N–H and O–H groups in total. The van der Waals surface area contributed by atoms with Gasteiger partial charge in [-0.3, -0.25) is 9.88 Å². The van der Waals surface area contributed by atoms with Crippen molar-refractivity contribution in [3.8, 4) is 0 Å². The van der Waals surface area contributed by atoms with Gasteiger partial charge in [0.15, 0.2) is 0 Å². The molecule has 1 fully saturated rings. The summed E-state index contributed by atoms with van der Waals surface area (Å²) in [5.74, 6) is -0.889. The van der Waals surface area contributed by atoms with E-state index in [1.165, 1.54) is 24.1 Å². The van der Waals surface area contributed by atoms with Gasteiger partial charge in [0.1, 0.15) is 0 Å². The van der Waals surface area contributed by atoms with Crippen LogP contribution in [0.3, 0.4) is 0 Å². The number of aromatic nitrogens is 1. The molecular formula is C18H22N2O2S. The van der Waals surface area contributed by atoms with E-state index in [1.807, 2.05) is 11.3 Å². The second-order valence-electron chi connectivity index (χ2n) is 6.04. The molecule has 0 bridgehead atoms. The predicted octanol–water partition coefficient (Wildman–Crippen LogP) is 3.83. The van der Waals surface area contributed by atoms with Crippen LogP contribution in [0, 0.1) is 0 Å². The molecule has 0 radical (unpaired) electrons. The standard InChI is InChI=1S/C18H22N2O2S/c21-18(22)16-7-3-10-19-17(16)13-20-11-2-1-5-14(20)8-9-15-6-4-12-23-15/h3-4,6-7,10,12,14H,1-2,5,8-9,11,13H2,(H,21,22)/t14-/m0/s1. The minimum absolute atomic E-state index is 0.329. The first kappa shape index (κ1) is 16.1. The molecule has 0 amide bonds. The van der Waals surface area contributed by atoms with Gasteiger partial charge >= 0.3 is 5.97 Å². The SMILES string of the molecule is O=C(O)c1cccnc1CN1CCCC[C@H]1CCc1cccs1. The van der Waals surface area contributed by atoms with Crippen molar-refractivity contribution in [2.24, 2.45) is 0 Å². The Balaban J connectivity index is 1.68. The summed E-state index contributed by atoms with van der Waals surface area (Å²) in [4.78, 5) is 19.5. The van der Waals surface area contributed by atoms with E-state index in [4.69, 9.17) is 0 Å². The Kier molecular flexibility index (Phi) is 5.41. The zero-order valence-corrected chi connectivity index (χ0v) is 14.0. The molecule has 1 aliphatic rings. The number of carboxylic acid groups (broad SMARTS) is 1. The maximum Gasteiger partial charge on any atom is 0.337 e. The normalized spacial score (nSPS) is 18.9. The number of nitrogens with zero attached hydrogens (tertiary/aromatic N) is 2. The second kappa shape index (κ2) is 7.70. The van der Waals surface area contributed by atoms with E-state index in [0.717, 1.165) is 19.4 Å². The fraction of sp³-hybridized carbons (Fsp3) is 0.444. The molecular weight excluding hydrogens is 308 g/mol. The number of hydrogen-bond donors (Lipinski definition) is 1. The van der Waals surface area contributed by atoms with Crippen LogP contribution in [-0.4, -0.2) is 33.5 Å². The summed E-state index contributed by atoms with van der Waals surface area (Å²) in [5, 5.41) is 11.5. The van der Waals surface area contributed by atoms with Gasteiger partial charge in [-0.2, -0.15) is 0 Å². The van der Waals surface area contributed by atoms with Gasteiger partial charge in [0.2, 0.25) is 0 Å². The van der Waals surface area contributed by atoms with Crippen molar-refractivity contribution in [1.82, 2.24) is 9.88 Å². The molecule has 0 unspecified atom stereocenters. The molecule has 5 heteroatoms. The summed E-state index contributed by atoms with van der Waals surface area (Å²) in [7, 11) is 0. The fourth-order valence-electron chi connectivity index (χ4n) is 3.31. The number of rotatable bonds is 6. The molecule has 122 valence electrons. The smallest absolute Gasteiger partial charge is 0.337 e. The van der Waals surface area contributed by atoms with Crippen LogP contribution in [0.2, 0.25) is 0 Å². The van der Waals surface area contributed by atoms with E-state index in [9.17, 15) is 9.90 Å². The minimum atomic E-state index is -0.889. The molecule has 2 aromatic heterocycles. The molecule has 3 rings (SSSR count). The van der Waals surface area contributed by atoms with Gasteiger partial charge in [-0.15, -0.1) is 11.3 Å². The lowest BCUT2D eigenvalue weighted by molar-refractivity contribution is 0.0690. The Labute approximate surface area is 140 Å². The first-order chi connectivity index (χ1) is 11.2. The van der Waals surface area contributed by atoms with Crippen LogP contribution in [0.25, 0.3) is 0 Å². The molecule has 0 saturated carbocycles. The lowest BCUT2D eigenvalue weighted by Crippen LogP contribution is -2.39. The van der Waals surface area contributed by atoms with Crippen molar-refractivity contribution >= 4 is 17.3 Å². The van der Waals surface area contributed by atoms with Crippen LogP contribution in [0.4, 0.5) is 0 Å². The van der Waals surface area contributed by atoms with Gasteiger partial charge in [0.25, 0.3) is 0 Å². The van der Waals surface area contributed by atoms with E-state index < -0.39 is 5.97 Å². The Bertz CT molecular complexity index is 642. The molecule has 1 atom stereocenters. The maximum atomic E-state index is 11.4. The molecule has 4 nitrogen and oxygen atoms in total. The number of piperidine rings is 1. The Hall–Kier alpha value is -1.72. The third-order valence-corrected chi connectivity index (χ3v) is 5.46. The number of aryl methyl sites for hydroxylation is 1. The first-order valence-corrected chi connectivity index (χ1v) is 9.05. The summed E-state index contributed by atoms with van der Waals surface area (Å²) < 4.78 is 0. The zero-order chi connectivity index (χ0) is 16.1.